The molecule has 0 amide bonds. The lowest BCUT2D eigenvalue weighted by Gasteiger charge is -2.14. The van der Waals surface area contributed by atoms with Crippen LogP contribution in [0.1, 0.15) is 17.6 Å². The van der Waals surface area contributed by atoms with Crippen LogP contribution in [0.25, 0.3) is 0 Å². The monoisotopic (exact) mass is 338 g/mol. The van der Waals surface area contributed by atoms with Crippen molar-refractivity contribution in [2.75, 3.05) is 5.73 Å². The zero-order valence-corrected chi connectivity index (χ0v) is 9.10. The second-order valence-corrected chi connectivity index (χ2v) is 3.70. The Morgan fingerprint density at radius 3 is 2.27 bits per heavy atom. The van der Waals surface area contributed by atoms with Crippen molar-refractivity contribution in [3.05, 3.63) is 20.9 Å². The van der Waals surface area contributed by atoms with Crippen LogP contribution in [0.3, 0.4) is 0 Å². The lowest BCUT2D eigenvalue weighted by molar-refractivity contribution is -0.139. The first-order valence-electron chi connectivity index (χ1n) is 3.54. The Balaban J connectivity index is 3.47. The minimum atomic E-state index is -4.86. The van der Waals surface area contributed by atoms with E-state index in [1.54, 1.807) is 0 Å². The molecule has 0 saturated carbocycles. The van der Waals surface area contributed by atoms with Gasteiger partial charge in [0.1, 0.15) is 9.52 Å². The summed E-state index contributed by atoms with van der Waals surface area (Å²) in [7, 11) is 0. The van der Waals surface area contributed by atoms with Crippen molar-refractivity contribution in [1.82, 2.24) is 4.98 Å². The van der Waals surface area contributed by atoms with Crippen LogP contribution in [-0.2, 0) is 6.18 Å². The molecule has 8 heteroatoms. The van der Waals surface area contributed by atoms with Crippen LogP contribution in [0.4, 0.5) is 27.8 Å². The molecule has 15 heavy (non-hydrogen) atoms. The molecule has 1 aromatic heterocycles. The average molecular weight is 338 g/mol. The Hall–Kier alpha value is -0.670. The third kappa shape index (κ3) is 2.67. The number of alkyl halides is 5. The molecule has 2 N–H and O–H groups in total. The Morgan fingerprint density at radius 1 is 1.33 bits per heavy atom. The number of nitrogens with zero attached hydrogens (tertiary/aromatic N) is 1. The Kier molecular flexibility index (Phi) is 3.36. The van der Waals surface area contributed by atoms with Gasteiger partial charge in [0.25, 0.3) is 6.43 Å². The summed E-state index contributed by atoms with van der Waals surface area (Å²) < 4.78 is 61.6. The summed E-state index contributed by atoms with van der Waals surface area (Å²) in [6.07, 6.45) is -8.16. The number of aromatic nitrogens is 1. The van der Waals surface area contributed by atoms with Gasteiger partial charge in [-0.15, -0.1) is 0 Å². The Morgan fingerprint density at radius 2 is 1.87 bits per heavy atom. The maximum atomic E-state index is 12.3. The standard InChI is InChI=1S/C7H4F5IN2/c8-5(9)4-2(7(10,11)12)1-3(13)15-6(4)14/h1,5H,(H2,14,15). The summed E-state index contributed by atoms with van der Waals surface area (Å²) in [6, 6.07) is 0.540. The van der Waals surface area contributed by atoms with Gasteiger partial charge in [-0.2, -0.15) is 13.2 Å². The minimum absolute atomic E-state index is 0.0816. The number of halogens is 6. The van der Waals surface area contributed by atoms with Crippen molar-refractivity contribution in [2.45, 2.75) is 12.6 Å². The van der Waals surface area contributed by atoms with Crippen molar-refractivity contribution in [2.24, 2.45) is 0 Å². The molecule has 0 bridgehead atoms. The van der Waals surface area contributed by atoms with Crippen molar-refractivity contribution in [3.8, 4) is 0 Å². The van der Waals surface area contributed by atoms with Gasteiger partial charge in [0.15, 0.2) is 0 Å². The molecule has 0 unspecified atom stereocenters. The van der Waals surface area contributed by atoms with Gasteiger partial charge in [-0.3, -0.25) is 0 Å². The number of nitrogens with two attached hydrogens (primary N) is 1. The third-order valence-corrected chi connectivity index (χ3v) is 2.13. The number of anilines is 1. The van der Waals surface area contributed by atoms with E-state index >= 15 is 0 Å². The fraction of sp³-hybridized carbons (Fsp3) is 0.286. The van der Waals surface area contributed by atoms with Crippen molar-refractivity contribution in [3.63, 3.8) is 0 Å². The molecule has 0 spiro atoms. The van der Waals surface area contributed by atoms with E-state index in [2.05, 4.69) is 4.98 Å². The summed E-state index contributed by atoms with van der Waals surface area (Å²) in [5.74, 6) is -0.788. The maximum absolute atomic E-state index is 12.3. The Bertz CT molecular complexity index is 376. The number of pyridine rings is 1. The van der Waals surface area contributed by atoms with Crippen molar-refractivity contribution in [1.29, 1.82) is 0 Å². The molecule has 84 valence electrons. The second kappa shape index (κ2) is 4.06. The summed E-state index contributed by atoms with van der Waals surface area (Å²) in [5.41, 5.74) is 2.33. The SMILES string of the molecule is Nc1nc(I)cc(C(F)(F)F)c1C(F)F. The highest BCUT2D eigenvalue weighted by Crippen LogP contribution is 2.38. The van der Waals surface area contributed by atoms with E-state index in [-0.39, 0.29) is 3.70 Å². The van der Waals surface area contributed by atoms with Gasteiger partial charge in [-0.25, -0.2) is 13.8 Å². The van der Waals surface area contributed by atoms with E-state index in [1.807, 2.05) is 0 Å². The molecule has 0 aliphatic carbocycles. The molecular weight excluding hydrogens is 334 g/mol. The maximum Gasteiger partial charge on any atom is 0.417 e. The highest BCUT2D eigenvalue weighted by atomic mass is 127. The molecule has 1 aromatic rings. The largest absolute Gasteiger partial charge is 0.417 e. The van der Waals surface area contributed by atoms with Crippen LogP contribution < -0.4 is 5.73 Å². The van der Waals surface area contributed by atoms with Crippen molar-refractivity contribution < 1.29 is 22.0 Å². The Labute approximate surface area is 94.8 Å². The lowest BCUT2D eigenvalue weighted by Crippen LogP contribution is -2.13. The van der Waals surface area contributed by atoms with Gasteiger partial charge in [0.05, 0.1) is 11.1 Å². The molecule has 0 aromatic carbocycles. The predicted octanol–water partition coefficient (Wildman–Crippen LogP) is 3.22. The molecule has 0 aliphatic rings. The fourth-order valence-corrected chi connectivity index (χ4v) is 1.58. The summed E-state index contributed by atoms with van der Waals surface area (Å²) in [6.45, 7) is 0. The summed E-state index contributed by atoms with van der Waals surface area (Å²) in [4.78, 5) is 3.35. The number of nitrogen functional groups attached to an aromatic ring is 1. The van der Waals surface area contributed by atoms with Crippen LogP contribution in [0, 0.1) is 3.70 Å². The summed E-state index contributed by atoms with van der Waals surface area (Å²) >= 11 is 1.48. The van der Waals surface area contributed by atoms with Crippen LogP contribution in [0.5, 0.6) is 0 Å². The van der Waals surface area contributed by atoms with E-state index in [0.29, 0.717) is 6.07 Å². The predicted molar refractivity (Wildman–Crippen MR) is 51.3 cm³/mol. The smallest absolute Gasteiger partial charge is 0.383 e. The number of hydrogen-bond acceptors (Lipinski definition) is 2. The number of rotatable bonds is 1. The van der Waals surface area contributed by atoms with E-state index in [1.165, 1.54) is 22.6 Å². The molecule has 0 atom stereocenters. The van der Waals surface area contributed by atoms with Gasteiger partial charge >= 0.3 is 6.18 Å². The van der Waals surface area contributed by atoms with Crippen LogP contribution in [-0.4, -0.2) is 4.98 Å². The second-order valence-electron chi connectivity index (χ2n) is 2.59. The van der Waals surface area contributed by atoms with E-state index in [4.69, 9.17) is 5.73 Å². The molecule has 0 fully saturated rings. The molecule has 0 saturated heterocycles. The summed E-state index contributed by atoms with van der Waals surface area (Å²) in [5, 5.41) is 0. The first kappa shape index (κ1) is 12.4. The highest BCUT2D eigenvalue weighted by Gasteiger charge is 2.37. The minimum Gasteiger partial charge on any atom is -0.383 e. The van der Waals surface area contributed by atoms with Gasteiger partial charge < -0.3 is 5.73 Å². The van der Waals surface area contributed by atoms with Gasteiger partial charge in [-0.05, 0) is 28.7 Å². The topological polar surface area (TPSA) is 38.9 Å². The zero-order valence-electron chi connectivity index (χ0n) is 6.95. The highest BCUT2D eigenvalue weighted by molar-refractivity contribution is 14.1. The lowest BCUT2D eigenvalue weighted by atomic mass is 10.1. The van der Waals surface area contributed by atoms with Gasteiger partial charge in [0, 0.05) is 0 Å². The van der Waals surface area contributed by atoms with Crippen LogP contribution in [0.2, 0.25) is 0 Å². The normalized spacial score (nSPS) is 12.2. The number of hydrogen-bond donors (Lipinski definition) is 1. The van der Waals surface area contributed by atoms with Gasteiger partial charge in [0.2, 0.25) is 0 Å². The molecule has 0 aliphatic heterocycles. The molecule has 1 rings (SSSR count). The van der Waals surface area contributed by atoms with Crippen LogP contribution >= 0.6 is 22.6 Å². The third-order valence-electron chi connectivity index (χ3n) is 1.58. The molecular formula is C7H4F5IN2. The van der Waals surface area contributed by atoms with E-state index in [9.17, 15) is 22.0 Å². The molecule has 1 heterocycles. The van der Waals surface area contributed by atoms with E-state index < -0.39 is 29.5 Å². The molecule has 0 radical (unpaired) electrons. The van der Waals surface area contributed by atoms with E-state index in [0.717, 1.165) is 0 Å². The van der Waals surface area contributed by atoms with Gasteiger partial charge in [-0.1, -0.05) is 0 Å². The molecule has 2 nitrogen and oxygen atoms in total. The van der Waals surface area contributed by atoms with Crippen molar-refractivity contribution >= 4 is 28.4 Å². The first-order chi connectivity index (χ1) is 6.73. The zero-order chi connectivity index (χ0) is 11.8. The first-order valence-corrected chi connectivity index (χ1v) is 4.62. The van der Waals surface area contributed by atoms with Crippen LogP contribution in [0.15, 0.2) is 6.07 Å². The quantitative estimate of drug-likeness (QED) is 0.485. The fourth-order valence-electron chi connectivity index (χ4n) is 1.01. The average Bonchev–Trinajstić information content (AvgIpc) is 1.99.